The molecule has 4 nitrogen and oxygen atoms in total. The number of esters is 1. The Morgan fingerprint density at radius 3 is 2.65 bits per heavy atom. The third-order valence-electron chi connectivity index (χ3n) is 3.22. The van der Waals surface area contributed by atoms with Crippen molar-refractivity contribution < 1.29 is 14.3 Å². The number of nitrogens with zero attached hydrogens (tertiary/aromatic N) is 1. The van der Waals surface area contributed by atoms with Gasteiger partial charge in [0.05, 0.1) is 11.1 Å². The van der Waals surface area contributed by atoms with Crippen LogP contribution in [0.1, 0.15) is 10.4 Å². The van der Waals surface area contributed by atoms with E-state index in [1.807, 2.05) is 36.4 Å². The molecular formula is C18H14ClNO3. The van der Waals surface area contributed by atoms with Crippen LogP contribution in [0.25, 0.3) is 10.9 Å². The SMILES string of the molecule is O=C(OCCOc1ccccc1)c1ccc2nc(Cl)ccc2c1. The van der Waals surface area contributed by atoms with E-state index in [0.717, 1.165) is 16.7 Å². The van der Waals surface area contributed by atoms with Crippen molar-refractivity contribution in [1.29, 1.82) is 0 Å². The van der Waals surface area contributed by atoms with Crippen LogP contribution in [0.3, 0.4) is 0 Å². The molecule has 3 rings (SSSR count). The predicted octanol–water partition coefficient (Wildman–Crippen LogP) is 4.12. The maximum atomic E-state index is 12.0. The van der Waals surface area contributed by atoms with Gasteiger partial charge in [-0.3, -0.25) is 0 Å². The summed E-state index contributed by atoms with van der Waals surface area (Å²) in [4.78, 5) is 16.2. The van der Waals surface area contributed by atoms with E-state index in [1.54, 1.807) is 24.3 Å². The van der Waals surface area contributed by atoms with E-state index < -0.39 is 5.97 Å². The van der Waals surface area contributed by atoms with Crippen LogP contribution in [-0.2, 0) is 4.74 Å². The van der Waals surface area contributed by atoms with E-state index in [-0.39, 0.29) is 6.61 Å². The second-order valence-corrected chi connectivity index (χ2v) is 5.23. The lowest BCUT2D eigenvalue weighted by atomic mass is 10.1. The fraction of sp³-hybridized carbons (Fsp3) is 0.111. The largest absolute Gasteiger partial charge is 0.490 e. The number of carbonyl (C=O) groups is 1. The van der Waals surface area contributed by atoms with E-state index in [9.17, 15) is 4.79 Å². The molecule has 5 heteroatoms. The zero-order valence-electron chi connectivity index (χ0n) is 12.2. The van der Waals surface area contributed by atoms with Gasteiger partial charge in [-0.25, -0.2) is 9.78 Å². The van der Waals surface area contributed by atoms with Gasteiger partial charge in [-0.1, -0.05) is 29.8 Å². The predicted molar refractivity (Wildman–Crippen MR) is 89.0 cm³/mol. The van der Waals surface area contributed by atoms with Gasteiger partial charge in [0.15, 0.2) is 0 Å². The highest BCUT2D eigenvalue weighted by atomic mass is 35.5. The third-order valence-corrected chi connectivity index (χ3v) is 3.43. The number of para-hydroxylation sites is 1. The van der Waals surface area contributed by atoms with Crippen LogP contribution < -0.4 is 4.74 Å². The van der Waals surface area contributed by atoms with Gasteiger partial charge in [0.25, 0.3) is 0 Å². The molecule has 0 atom stereocenters. The number of rotatable bonds is 5. The van der Waals surface area contributed by atoms with Crippen molar-refractivity contribution in [2.75, 3.05) is 13.2 Å². The van der Waals surface area contributed by atoms with Crippen LogP contribution in [0, 0.1) is 0 Å². The Labute approximate surface area is 138 Å². The third kappa shape index (κ3) is 3.99. The highest BCUT2D eigenvalue weighted by Crippen LogP contribution is 2.17. The summed E-state index contributed by atoms with van der Waals surface area (Å²) in [7, 11) is 0. The topological polar surface area (TPSA) is 48.4 Å². The Morgan fingerprint density at radius 2 is 1.83 bits per heavy atom. The first-order valence-corrected chi connectivity index (χ1v) is 7.51. The molecule has 0 aliphatic rings. The zero-order valence-corrected chi connectivity index (χ0v) is 13.0. The summed E-state index contributed by atoms with van der Waals surface area (Å²) < 4.78 is 10.7. The molecule has 1 aromatic heterocycles. The van der Waals surface area contributed by atoms with Crippen LogP contribution in [-0.4, -0.2) is 24.2 Å². The number of benzene rings is 2. The first kappa shape index (κ1) is 15.3. The molecule has 0 spiro atoms. The van der Waals surface area contributed by atoms with E-state index in [1.165, 1.54) is 0 Å². The van der Waals surface area contributed by atoms with E-state index in [0.29, 0.717) is 17.3 Å². The first-order valence-electron chi connectivity index (χ1n) is 7.14. The fourth-order valence-electron chi connectivity index (χ4n) is 2.12. The van der Waals surface area contributed by atoms with Gasteiger partial charge in [-0.05, 0) is 42.5 Å². The Hall–Kier alpha value is -2.59. The number of ether oxygens (including phenoxy) is 2. The molecule has 0 radical (unpaired) electrons. The van der Waals surface area contributed by atoms with Crippen molar-refractivity contribution in [3.63, 3.8) is 0 Å². The molecule has 1 heterocycles. The average molecular weight is 328 g/mol. The molecule has 0 unspecified atom stereocenters. The van der Waals surface area contributed by atoms with Gasteiger partial charge in [-0.15, -0.1) is 0 Å². The lowest BCUT2D eigenvalue weighted by Crippen LogP contribution is -2.12. The number of halogens is 1. The molecule has 0 fully saturated rings. The van der Waals surface area contributed by atoms with Crippen molar-refractivity contribution >= 4 is 28.5 Å². The monoisotopic (exact) mass is 327 g/mol. The number of carbonyl (C=O) groups excluding carboxylic acids is 1. The lowest BCUT2D eigenvalue weighted by Gasteiger charge is -2.08. The molecule has 3 aromatic rings. The van der Waals surface area contributed by atoms with Crippen LogP contribution in [0.15, 0.2) is 60.7 Å². The second kappa shape index (κ2) is 7.11. The average Bonchev–Trinajstić information content (AvgIpc) is 2.59. The van der Waals surface area contributed by atoms with Crippen molar-refractivity contribution in [1.82, 2.24) is 4.98 Å². The first-order chi connectivity index (χ1) is 11.2. The summed E-state index contributed by atoms with van der Waals surface area (Å²) in [5.74, 6) is 0.357. The summed E-state index contributed by atoms with van der Waals surface area (Å²) in [5.41, 5.74) is 1.21. The quantitative estimate of drug-likeness (QED) is 0.402. The molecule has 0 N–H and O–H groups in total. The van der Waals surface area contributed by atoms with Crippen LogP contribution in [0.5, 0.6) is 5.75 Å². The minimum Gasteiger partial charge on any atom is -0.490 e. The summed E-state index contributed by atoms with van der Waals surface area (Å²) in [6, 6.07) is 18.0. The van der Waals surface area contributed by atoms with Gasteiger partial charge in [0.2, 0.25) is 0 Å². The lowest BCUT2D eigenvalue weighted by molar-refractivity contribution is 0.0450. The Balaban J connectivity index is 1.57. The van der Waals surface area contributed by atoms with Gasteiger partial charge in [0, 0.05) is 5.39 Å². The van der Waals surface area contributed by atoms with Crippen LogP contribution in [0.4, 0.5) is 0 Å². The van der Waals surface area contributed by atoms with Crippen molar-refractivity contribution in [3.05, 3.63) is 71.4 Å². The summed E-state index contributed by atoms with van der Waals surface area (Å²) in [5, 5.41) is 1.26. The molecular weight excluding hydrogens is 314 g/mol. The fourth-order valence-corrected chi connectivity index (χ4v) is 2.28. The van der Waals surface area contributed by atoms with Crippen LogP contribution in [0.2, 0.25) is 5.15 Å². The van der Waals surface area contributed by atoms with E-state index in [4.69, 9.17) is 21.1 Å². The van der Waals surface area contributed by atoms with Gasteiger partial charge >= 0.3 is 5.97 Å². The molecule has 116 valence electrons. The summed E-state index contributed by atoms with van der Waals surface area (Å²) in [6.45, 7) is 0.491. The summed E-state index contributed by atoms with van der Waals surface area (Å²) in [6.07, 6.45) is 0. The van der Waals surface area contributed by atoms with Gasteiger partial charge in [-0.2, -0.15) is 0 Å². The van der Waals surface area contributed by atoms with E-state index in [2.05, 4.69) is 4.98 Å². The smallest absolute Gasteiger partial charge is 0.338 e. The number of aromatic nitrogens is 1. The summed E-state index contributed by atoms with van der Waals surface area (Å²) >= 11 is 5.84. The Bertz CT molecular complexity index is 821. The highest BCUT2D eigenvalue weighted by molar-refractivity contribution is 6.29. The Morgan fingerprint density at radius 1 is 1.00 bits per heavy atom. The minimum absolute atomic E-state index is 0.185. The highest BCUT2D eigenvalue weighted by Gasteiger charge is 2.08. The number of fused-ring (bicyclic) bond motifs is 1. The van der Waals surface area contributed by atoms with Crippen molar-refractivity contribution in [3.8, 4) is 5.75 Å². The van der Waals surface area contributed by atoms with Crippen LogP contribution >= 0.6 is 11.6 Å². The molecule has 23 heavy (non-hydrogen) atoms. The van der Waals surface area contributed by atoms with E-state index >= 15 is 0 Å². The Kier molecular flexibility index (Phi) is 4.74. The number of hydrogen-bond donors (Lipinski definition) is 0. The molecule has 2 aromatic carbocycles. The molecule has 0 saturated carbocycles. The van der Waals surface area contributed by atoms with Gasteiger partial charge < -0.3 is 9.47 Å². The molecule has 0 bridgehead atoms. The second-order valence-electron chi connectivity index (χ2n) is 4.84. The molecule has 0 saturated heterocycles. The van der Waals surface area contributed by atoms with Crippen molar-refractivity contribution in [2.24, 2.45) is 0 Å². The molecule has 0 aliphatic heterocycles. The zero-order chi connectivity index (χ0) is 16.1. The maximum absolute atomic E-state index is 12.0. The normalized spacial score (nSPS) is 10.5. The number of hydrogen-bond acceptors (Lipinski definition) is 4. The molecule has 0 aliphatic carbocycles. The molecule has 0 amide bonds. The minimum atomic E-state index is -0.390. The number of pyridine rings is 1. The maximum Gasteiger partial charge on any atom is 0.338 e. The van der Waals surface area contributed by atoms with Crippen molar-refractivity contribution in [2.45, 2.75) is 0 Å². The van der Waals surface area contributed by atoms with Gasteiger partial charge in [0.1, 0.15) is 24.1 Å². The standard InChI is InChI=1S/C18H14ClNO3/c19-17-9-7-13-12-14(6-8-16(13)20-17)18(21)23-11-10-22-15-4-2-1-3-5-15/h1-9,12H,10-11H2.